The quantitative estimate of drug-likeness (QED) is 0.641. The Hall–Kier alpha value is -1.06. The Morgan fingerprint density at radius 1 is 1.23 bits per heavy atom. The van der Waals surface area contributed by atoms with Gasteiger partial charge in [0, 0.05) is 5.41 Å². The SMILES string of the molecule is CC1(C(=O)NC(N)=O)CCCCC1. The summed E-state index contributed by atoms with van der Waals surface area (Å²) in [7, 11) is 0. The van der Waals surface area contributed by atoms with Gasteiger partial charge in [0.25, 0.3) is 0 Å². The molecule has 0 aliphatic heterocycles. The minimum absolute atomic E-state index is 0.222. The van der Waals surface area contributed by atoms with Crippen LogP contribution in [0.5, 0.6) is 0 Å². The van der Waals surface area contributed by atoms with E-state index in [1.165, 1.54) is 6.42 Å². The van der Waals surface area contributed by atoms with E-state index >= 15 is 0 Å². The smallest absolute Gasteiger partial charge is 0.318 e. The number of nitrogens with one attached hydrogen (secondary N) is 1. The molecule has 0 atom stereocenters. The number of urea groups is 1. The lowest BCUT2D eigenvalue weighted by Gasteiger charge is -2.31. The molecule has 0 radical (unpaired) electrons. The van der Waals surface area contributed by atoms with Gasteiger partial charge in [0.05, 0.1) is 0 Å². The molecule has 4 heteroatoms. The zero-order chi connectivity index (χ0) is 9.90. The second-order valence-electron chi connectivity index (χ2n) is 3.94. The van der Waals surface area contributed by atoms with Crippen molar-refractivity contribution in [3.63, 3.8) is 0 Å². The van der Waals surface area contributed by atoms with Gasteiger partial charge in [-0.2, -0.15) is 0 Å². The molecule has 1 rings (SSSR count). The van der Waals surface area contributed by atoms with E-state index in [-0.39, 0.29) is 11.3 Å². The highest BCUT2D eigenvalue weighted by molar-refractivity contribution is 5.96. The average molecular weight is 184 g/mol. The topological polar surface area (TPSA) is 72.2 Å². The Bertz CT molecular complexity index is 220. The molecule has 0 heterocycles. The van der Waals surface area contributed by atoms with Gasteiger partial charge in [-0.15, -0.1) is 0 Å². The molecule has 4 nitrogen and oxygen atoms in total. The van der Waals surface area contributed by atoms with Gasteiger partial charge in [-0.05, 0) is 12.8 Å². The normalized spacial score (nSPS) is 20.7. The standard InChI is InChI=1S/C9H16N2O2/c1-9(5-3-2-4-6-9)7(12)11-8(10)13/h2-6H2,1H3,(H3,10,11,12,13). The third-order valence-electron chi connectivity index (χ3n) is 2.74. The van der Waals surface area contributed by atoms with Gasteiger partial charge in [0.1, 0.15) is 0 Å². The predicted molar refractivity (Wildman–Crippen MR) is 48.9 cm³/mol. The second kappa shape index (κ2) is 3.77. The van der Waals surface area contributed by atoms with Crippen LogP contribution in [0.3, 0.4) is 0 Å². The average Bonchev–Trinajstić information content (AvgIpc) is 2.04. The van der Waals surface area contributed by atoms with E-state index in [4.69, 9.17) is 5.73 Å². The lowest BCUT2D eigenvalue weighted by molar-refractivity contribution is -0.130. The fourth-order valence-electron chi connectivity index (χ4n) is 1.82. The van der Waals surface area contributed by atoms with Crippen molar-refractivity contribution in [1.82, 2.24) is 5.32 Å². The molecule has 1 fully saturated rings. The van der Waals surface area contributed by atoms with E-state index in [0.29, 0.717) is 0 Å². The molecule has 0 bridgehead atoms. The minimum Gasteiger partial charge on any atom is -0.351 e. The molecule has 1 aliphatic carbocycles. The Morgan fingerprint density at radius 3 is 2.23 bits per heavy atom. The van der Waals surface area contributed by atoms with Crippen molar-refractivity contribution < 1.29 is 9.59 Å². The number of rotatable bonds is 1. The van der Waals surface area contributed by atoms with E-state index in [9.17, 15) is 9.59 Å². The highest BCUT2D eigenvalue weighted by Gasteiger charge is 2.34. The number of carbonyl (C=O) groups is 2. The van der Waals surface area contributed by atoms with Crippen LogP contribution in [0.4, 0.5) is 4.79 Å². The monoisotopic (exact) mass is 184 g/mol. The van der Waals surface area contributed by atoms with Crippen LogP contribution in [0.1, 0.15) is 39.0 Å². The van der Waals surface area contributed by atoms with Gasteiger partial charge < -0.3 is 5.73 Å². The van der Waals surface area contributed by atoms with Crippen LogP contribution in [0.25, 0.3) is 0 Å². The Morgan fingerprint density at radius 2 is 1.77 bits per heavy atom. The van der Waals surface area contributed by atoms with E-state index in [1.807, 2.05) is 6.92 Å². The van der Waals surface area contributed by atoms with Crippen molar-refractivity contribution in [3.05, 3.63) is 0 Å². The van der Waals surface area contributed by atoms with Crippen molar-refractivity contribution in [2.75, 3.05) is 0 Å². The van der Waals surface area contributed by atoms with Gasteiger partial charge in [0.15, 0.2) is 0 Å². The molecule has 0 aromatic rings. The summed E-state index contributed by atoms with van der Waals surface area (Å²) < 4.78 is 0. The highest BCUT2D eigenvalue weighted by Crippen LogP contribution is 2.35. The summed E-state index contributed by atoms with van der Waals surface area (Å²) >= 11 is 0. The maximum atomic E-state index is 11.5. The fourth-order valence-corrected chi connectivity index (χ4v) is 1.82. The summed E-state index contributed by atoms with van der Waals surface area (Å²) in [5.74, 6) is -0.222. The molecule has 0 aromatic carbocycles. The molecular weight excluding hydrogens is 168 g/mol. The summed E-state index contributed by atoms with van der Waals surface area (Å²) in [4.78, 5) is 22.0. The Balaban J connectivity index is 2.56. The number of hydrogen-bond donors (Lipinski definition) is 2. The molecule has 1 saturated carbocycles. The van der Waals surface area contributed by atoms with E-state index in [1.54, 1.807) is 0 Å². The van der Waals surface area contributed by atoms with E-state index in [0.717, 1.165) is 25.7 Å². The number of amides is 3. The van der Waals surface area contributed by atoms with E-state index < -0.39 is 6.03 Å². The molecule has 0 saturated heterocycles. The highest BCUT2D eigenvalue weighted by atomic mass is 16.2. The van der Waals surface area contributed by atoms with Crippen molar-refractivity contribution in [2.24, 2.45) is 11.1 Å². The maximum Gasteiger partial charge on any atom is 0.318 e. The Kier molecular flexibility index (Phi) is 2.90. The lowest BCUT2D eigenvalue weighted by atomic mass is 9.75. The van der Waals surface area contributed by atoms with Crippen LogP contribution < -0.4 is 11.1 Å². The summed E-state index contributed by atoms with van der Waals surface area (Å²) in [5.41, 5.74) is 4.51. The molecule has 74 valence electrons. The second-order valence-corrected chi connectivity index (χ2v) is 3.94. The molecule has 3 N–H and O–H groups in total. The van der Waals surface area contributed by atoms with Crippen LogP contribution in [0, 0.1) is 5.41 Å². The Labute approximate surface area is 77.9 Å². The first-order chi connectivity index (χ1) is 6.04. The number of imide groups is 1. The predicted octanol–water partition coefficient (Wildman–Crippen LogP) is 1.15. The van der Waals surface area contributed by atoms with Gasteiger partial charge in [-0.25, -0.2) is 4.79 Å². The van der Waals surface area contributed by atoms with E-state index in [2.05, 4.69) is 5.32 Å². The molecule has 0 aromatic heterocycles. The number of carbonyl (C=O) groups excluding carboxylic acids is 2. The largest absolute Gasteiger partial charge is 0.351 e. The third-order valence-corrected chi connectivity index (χ3v) is 2.74. The summed E-state index contributed by atoms with van der Waals surface area (Å²) in [5, 5.41) is 2.15. The summed E-state index contributed by atoms with van der Waals surface area (Å²) in [6, 6.07) is -0.753. The van der Waals surface area contributed by atoms with Gasteiger partial charge in [-0.1, -0.05) is 26.2 Å². The van der Waals surface area contributed by atoms with Crippen molar-refractivity contribution in [3.8, 4) is 0 Å². The zero-order valence-corrected chi connectivity index (χ0v) is 7.93. The first-order valence-corrected chi connectivity index (χ1v) is 4.65. The van der Waals surface area contributed by atoms with Crippen LogP contribution in [-0.4, -0.2) is 11.9 Å². The molecule has 13 heavy (non-hydrogen) atoms. The maximum absolute atomic E-state index is 11.5. The lowest BCUT2D eigenvalue weighted by Crippen LogP contribution is -2.45. The molecular formula is C9H16N2O2. The van der Waals surface area contributed by atoms with Crippen LogP contribution in [0.15, 0.2) is 0 Å². The van der Waals surface area contributed by atoms with Crippen LogP contribution in [0.2, 0.25) is 0 Å². The first kappa shape index (κ1) is 10.0. The van der Waals surface area contributed by atoms with Gasteiger partial charge >= 0.3 is 6.03 Å². The van der Waals surface area contributed by atoms with Crippen LogP contribution in [-0.2, 0) is 4.79 Å². The molecule has 0 spiro atoms. The third kappa shape index (κ3) is 2.44. The van der Waals surface area contributed by atoms with Gasteiger partial charge in [0.2, 0.25) is 5.91 Å². The van der Waals surface area contributed by atoms with Crippen molar-refractivity contribution in [2.45, 2.75) is 39.0 Å². The number of nitrogens with two attached hydrogens (primary N) is 1. The molecule has 3 amide bonds. The van der Waals surface area contributed by atoms with Crippen molar-refractivity contribution in [1.29, 1.82) is 0 Å². The number of primary amides is 1. The van der Waals surface area contributed by atoms with Crippen molar-refractivity contribution >= 4 is 11.9 Å². The minimum atomic E-state index is -0.753. The fraction of sp³-hybridized carbons (Fsp3) is 0.778. The number of hydrogen-bond acceptors (Lipinski definition) is 2. The van der Waals surface area contributed by atoms with Crippen LogP contribution >= 0.6 is 0 Å². The molecule has 1 aliphatic rings. The first-order valence-electron chi connectivity index (χ1n) is 4.65. The summed E-state index contributed by atoms with van der Waals surface area (Å²) in [6.45, 7) is 1.89. The molecule has 0 unspecified atom stereocenters. The van der Waals surface area contributed by atoms with Gasteiger partial charge in [-0.3, -0.25) is 10.1 Å². The zero-order valence-electron chi connectivity index (χ0n) is 7.93. The summed E-state index contributed by atoms with van der Waals surface area (Å²) in [6.07, 6.45) is 5.00.